The Morgan fingerprint density at radius 1 is 1.04 bits per heavy atom. The fourth-order valence-corrected chi connectivity index (χ4v) is 4.68. The largest absolute Gasteiger partial charge is 0.493 e. The molecule has 0 bridgehead atoms. The summed E-state index contributed by atoms with van der Waals surface area (Å²) >= 11 is 0. The van der Waals surface area contributed by atoms with E-state index in [0.717, 1.165) is 30.0 Å². The molecule has 134 valence electrons. The number of piperazine rings is 1. The highest BCUT2D eigenvalue weighted by Gasteiger charge is 2.32. The van der Waals surface area contributed by atoms with Gasteiger partial charge in [-0.05, 0) is 30.9 Å². The molecule has 0 spiro atoms. The van der Waals surface area contributed by atoms with Gasteiger partial charge in [-0.2, -0.15) is 0 Å². The minimum Gasteiger partial charge on any atom is -0.493 e. The molecule has 1 aliphatic carbocycles. The van der Waals surface area contributed by atoms with Gasteiger partial charge in [0.1, 0.15) is 32.7 Å². The van der Waals surface area contributed by atoms with E-state index in [1.54, 1.807) is 19.1 Å². The second-order valence-corrected chi connectivity index (χ2v) is 7.71. The minimum absolute atomic E-state index is 0.842. The Kier molecular flexibility index (Phi) is 6.01. The molecule has 1 heterocycles. The van der Waals surface area contributed by atoms with Crippen molar-refractivity contribution in [3.05, 3.63) is 23.8 Å². The molecule has 1 aromatic carbocycles. The van der Waals surface area contributed by atoms with E-state index >= 15 is 0 Å². The molecule has 0 radical (unpaired) electrons. The average Bonchev–Trinajstić information content (AvgIpc) is 2.62. The highest BCUT2D eigenvalue weighted by Crippen LogP contribution is 2.30. The third-order valence-electron chi connectivity index (χ3n) is 6.04. The molecular weight excluding hydrogens is 300 g/mol. The molecule has 1 saturated carbocycles. The molecule has 0 aromatic heterocycles. The van der Waals surface area contributed by atoms with E-state index in [4.69, 9.17) is 9.47 Å². The van der Waals surface area contributed by atoms with Crippen LogP contribution >= 0.6 is 0 Å². The van der Waals surface area contributed by atoms with Crippen LogP contribution in [-0.2, 0) is 6.54 Å². The van der Waals surface area contributed by atoms with Crippen LogP contribution in [0.4, 0.5) is 0 Å². The highest BCUT2D eigenvalue weighted by molar-refractivity contribution is 5.46. The van der Waals surface area contributed by atoms with Crippen LogP contribution in [0, 0.1) is 5.92 Å². The van der Waals surface area contributed by atoms with Crippen molar-refractivity contribution in [2.45, 2.75) is 45.2 Å². The van der Waals surface area contributed by atoms with E-state index in [0.29, 0.717) is 0 Å². The Hall–Kier alpha value is -1.26. The number of hydrogen-bond donors (Lipinski definition) is 2. The molecule has 0 amide bonds. The van der Waals surface area contributed by atoms with Gasteiger partial charge in [0.2, 0.25) is 0 Å². The summed E-state index contributed by atoms with van der Waals surface area (Å²) < 4.78 is 11.0. The van der Waals surface area contributed by atoms with Crippen molar-refractivity contribution in [2.75, 3.05) is 40.4 Å². The van der Waals surface area contributed by atoms with E-state index in [2.05, 4.69) is 19.1 Å². The van der Waals surface area contributed by atoms with Gasteiger partial charge in [0.05, 0.1) is 25.8 Å². The third kappa shape index (κ3) is 4.04. The van der Waals surface area contributed by atoms with Crippen LogP contribution < -0.4 is 19.3 Å². The van der Waals surface area contributed by atoms with Crippen molar-refractivity contribution >= 4 is 0 Å². The first-order chi connectivity index (χ1) is 11.7. The first-order valence-corrected chi connectivity index (χ1v) is 9.59. The van der Waals surface area contributed by atoms with Crippen LogP contribution in [0.1, 0.15) is 38.2 Å². The Labute approximate surface area is 146 Å². The Morgan fingerprint density at radius 2 is 1.83 bits per heavy atom. The summed E-state index contributed by atoms with van der Waals surface area (Å²) in [6.45, 7) is 8.63. The smallest absolute Gasteiger partial charge is 0.169 e. The minimum atomic E-state index is 0.842. The van der Waals surface area contributed by atoms with Crippen molar-refractivity contribution in [1.29, 1.82) is 0 Å². The number of benzene rings is 1. The van der Waals surface area contributed by atoms with Gasteiger partial charge in [0, 0.05) is 6.42 Å². The quantitative estimate of drug-likeness (QED) is 0.824. The number of para-hydroxylation sites is 1. The van der Waals surface area contributed by atoms with Crippen LogP contribution in [-0.4, -0.2) is 46.4 Å². The van der Waals surface area contributed by atoms with Crippen molar-refractivity contribution < 1.29 is 19.3 Å². The molecule has 1 saturated heterocycles. The molecule has 2 unspecified atom stereocenters. The van der Waals surface area contributed by atoms with Crippen molar-refractivity contribution in [1.82, 2.24) is 0 Å². The van der Waals surface area contributed by atoms with Gasteiger partial charge in [0.25, 0.3) is 0 Å². The summed E-state index contributed by atoms with van der Waals surface area (Å²) in [5.74, 6) is 2.68. The summed E-state index contributed by atoms with van der Waals surface area (Å²) in [7, 11) is 3.45. The molecule has 4 heteroatoms. The fraction of sp³-hybridized carbons (Fsp3) is 0.700. The number of hydrogen-bond acceptors (Lipinski definition) is 2. The van der Waals surface area contributed by atoms with Gasteiger partial charge < -0.3 is 19.3 Å². The lowest BCUT2D eigenvalue weighted by atomic mass is 9.86. The van der Waals surface area contributed by atoms with Crippen LogP contribution in [0.25, 0.3) is 0 Å². The maximum Gasteiger partial charge on any atom is 0.169 e. The number of ether oxygens (including phenoxy) is 2. The van der Waals surface area contributed by atoms with Crippen LogP contribution in [0.2, 0.25) is 0 Å². The Balaban J connectivity index is 1.56. The first kappa shape index (κ1) is 17.6. The normalized spacial score (nSPS) is 30.8. The summed E-state index contributed by atoms with van der Waals surface area (Å²) in [6, 6.07) is 7.14. The molecule has 2 fully saturated rings. The van der Waals surface area contributed by atoms with E-state index in [1.165, 1.54) is 57.4 Å². The van der Waals surface area contributed by atoms with Crippen LogP contribution in [0.15, 0.2) is 18.2 Å². The molecular formula is C20H34N2O2+2. The molecule has 2 atom stereocenters. The summed E-state index contributed by atoms with van der Waals surface area (Å²) in [4.78, 5) is 3.54. The maximum atomic E-state index is 5.59. The standard InChI is InChI=1S/C20H32N2O2/c1-16-6-4-8-18(14-16)22-12-10-21(11-13-22)15-17-7-5-9-19(23-2)20(17)24-3/h5,7,9,16,18H,4,6,8,10-15H2,1-3H3/p+2. The first-order valence-electron chi connectivity index (χ1n) is 9.59. The molecule has 3 rings (SSSR count). The Morgan fingerprint density at radius 3 is 2.50 bits per heavy atom. The zero-order valence-electron chi connectivity index (χ0n) is 15.6. The second kappa shape index (κ2) is 8.21. The SMILES string of the molecule is COc1cccc(C[NH+]2CC[NH+](C3CCCC(C)C3)CC2)c1OC. The molecule has 2 N–H and O–H groups in total. The number of quaternary nitrogens is 2. The van der Waals surface area contributed by atoms with E-state index in [-0.39, 0.29) is 0 Å². The van der Waals surface area contributed by atoms with Gasteiger partial charge in [0.15, 0.2) is 11.5 Å². The number of rotatable bonds is 5. The predicted molar refractivity (Wildman–Crippen MR) is 96.1 cm³/mol. The maximum absolute atomic E-state index is 5.59. The molecule has 24 heavy (non-hydrogen) atoms. The third-order valence-corrected chi connectivity index (χ3v) is 6.04. The topological polar surface area (TPSA) is 27.3 Å². The zero-order chi connectivity index (χ0) is 16.9. The van der Waals surface area contributed by atoms with Crippen molar-refractivity contribution in [3.8, 4) is 11.5 Å². The van der Waals surface area contributed by atoms with Gasteiger partial charge in [-0.1, -0.05) is 19.4 Å². The lowest BCUT2D eigenvalue weighted by Crippen LogP contribution is -3.29. The summed E-state index contributed by atoms with van der Waals surface area (Å²) in [6.07, 6.45) is 5.76. The van der Waals surface area contributed by atoms with Crippen LogP contribution in [0.3, 0.4) is 0 Å². The van der Waals surface area contributed by atoms with Gasteiger partial charge in [-0.3, -0.25) is 0 Å². The summed E-state index contributed by atoms with van der Waals surface area (Å²) in [5, 5.41) is 0. The van der Waals surface area contributed by atoms with Gasteiger partial charge >= 0.3 is 0 Å². The van der Waals surface area contributed by atoms with Gasteiger partial charge in [-0.25, -0.2) is 0 Å². The van der Waals surface area contributed by atoms with Crippen LogP contribution in [0.5, 0.6) is 11.5 Å². The van der Waals surface area contributed by atoms with E-state index in [1.807, 2.05) is 11.0 Å². The fourth-order valence-electron chi connectivity index (χ4n) is 4.68. The monoisotopic (exact) mass is 334 g/mol. The molecule has 2 aliphatic rings. The lowest BCUT2D eigenvalue weighted by Gasteiger charge is -2.37. The molecule has 4 nitrogen and oxygen atoms in total. The number of nitrogens with one attached hydrogen (secondary N) is 2. The number of methoxy groups -OCH3 is 2. The summed E-state index contributed by atoms with van der Waals surface area (Å²) in [5.41, 5.74) is 1.27. The Bertz CT molecular complexity index is 526. The second-order valence-electron chi connectivity index (χ2n) is 7.71. The lowest BCUT2D eigenvalue weighted by molar-refractivity contribution is -1.03. The highest BCUT2D eigenvalue weighted by atomic mass is 16.5. The van der Waals surface area contributed by atoms with E-state index < -0.39 is 0 Å². The average molecular weight is 335 g/mol. The zero-order valence-corrected chi connectivity index (χ0v) is 15.6. The molecule has 1 aromatic rings. The molecule has 1 aliphatic heterocycles. The van der Waals surface area contributed by atoms with Crippen molar-refractivity contribution in [3.63, 3.8) is 0 Å². The van der Waals surface area contributed by atoms with E-state index in [9.17, 15) is 0 Å². The van der Waals surface area contributed by atoms with Crippen molar-refractivity contribution in [2.24, 2.45) is 5.92 Å². The predicted octanol–water partition coefficient (Wildman–Crippen LogP) is 0.566. The van der Waals surface area contributed by atoms with Gasteiger partial charge in [-0.15, -0.1) is 0 Å².